The van der Waals surface area contributed by atoms with Crippen molar-refractivity contribution in [1.29, 1.82) is 0 Å². The van der Waals surface area contributed by atoms with Crippen molar-refractivity contribution < 1.29 is 4.79 Å². The quantitative estimate of drug-likeness (QED) is 0.628. The van der Waals surface area contributed by atoms with Gasteiger partial charge in [-0.1, -0.05) is 48.2 Å². The van der Waals surface area contributed by atoms with Crippen molar-refractivity contribution in [3.8, 4) is 0 Å². The van der Waals surface area contributed by atoms with Crippen LogP contribution in [0.4, 0.5) is 0 Å². The molecular formula is C20H24N4OS. The number of carbonyl (C=O) groups excluding carboxylic acids is 1. The molecule has 0 bridgehead atoms. The Morgan fingerprint density at radius 1 is 1.23 bits per heavy atom. The number of aromatic amines is 1. The summed E-state index contributed by atoms with van der Waals surface area (Å²) in [5, 5.41) is 3.80. The first-order valence-electron chi connectivity index (χ1n) is 8.60. The maximum atomic E-state index is 12.3. The summed E-state index contributed by atoms with van der Waals surface area (Å²) >= 11 is 1.42. The van der Waals surface area contributed by atoms with E-state index in [1.807, 2.05) is 44.4 Å². The molecule has 3 aromatic rings. The molecule has 0 fully saturated rings. The Labute approximate surface area is 158 Å². The van der Waals surface area contributed by atoms with E-state index in [9.17, 15) is 4.79 Å². The van der Waals surface area contributed by atoms with Gasteiger partial charge in [0.1, 0.15) is 0 Å². The zero-order valence-corrected chi connectivity index (χ0v) is 16.1. The predicted octanol–water partition coefficient (Wildman–Crippen LogP) is 3.38. The van der Waals surface area contributed by atoms with Gasteiger partial charge in [-0.25, -0.2) is 4.98 Å². The van der Waals surface area contributed by atoms with Crippen molar-refractivity contribution in [2.75, 3.05) is 26.4 Å². The van der Waals surface area contributed by atoms with Crippen molar-refractivity contribution in [2.45, 2.75) is 18.1 Å². The van der Waals surface area contributed by atoms with E-state index in [1.165, 1.54) is 22.9 Å². The number of hydrogen-bond acceptors (Lipinski definition) is 4. The third-order valence-electron chi connectivity index (χ3n) is 4.26. The number of likely N-dealkylation sites (N-methyl/N-ethyl adjacent to an activating group) is 1. The standard InChI is InChI=1S/C20H24N4OS/c1-14-9-10-16-17(11-14)23-20(22-16)26-13-19(25)21-12-18(24(2)3)15-7-5-4-6-8-15/h4-11,18H,12-13H2,1-3H3,(H,21,25)(H,22,23)/t18-/m0/s1. The molecule has 0 radical (unpaired) electrons. The summed E-state index contributed by atoms with van der Waals surface area (Å²) in [4.78, 5) is 22.1. The monoisotopic (exact) mass is 368 g/mol. The Morgan fingerprint density at radius 3 is 2.73 bits per heavy atom. The molecule has 1 aromatic heterocycles. The van der Waals surface area contributed by atoms with Crippen molar-refractivity contribution in [2.24, 2.45) is 0 Å². The van der Waals surface area contributed by atoms with E-state index in [-0.39, 0.29) is 11.9 Å². The number of imidazole rings is 1. The molecule has 26 heavy (non-hydrogen) atoms. The molecule has 136 valence electrons. The SMILES string of the molecule is Cc1ccc2nc(SCC(=O)NC[C@@H](c3ccccc3)N(C)C)[nH]c2c1. The number of rotatable bonds is 7. The Morgan fingerprint density at radius 2 is 2.00 bits per heavy atom. The van der Waals surface area contributed by atoms with Gasteiger partial charge in [-0.3, -0.25) is 4.79 Å². The number of amides is 1. The smallest absolute Gasteiger partial charge is 0.230 e. The summed E-state index contributed by atoms with van der Waals surface area (Å²) in [6, 6.07) is 16.5. The molecular weight excluding hydrogens is 344 g/mol. The lowest BCUT2D eigenvalue weighted by Crippen LogP contribution is -2.35. The highest BCUT2D eigenvalue weighted by atomic mass is 32.2. The first-order valence-corrected chi connectivity index (χ1v) is 9.59. The normalized spacial score (nSPS) is 12.5. The van der Waals surface area contributed by atoms with Gasteiger partial charge in [0.25, 0.3) is 0 Å². The fourth-order valence-corrected chi connectivity index (χ4v) is 3.55. The summed E-state index contributed by atoms with van der Waals surface area (Å²) < 4.78 is 0. The third kappa shape index (κ3) is 4.65. The molecule has 1 heterocycles. The zero-order chi connectivity index (χ0) is 18.5. The molecule has 2 aromatic carbocycles. The van der Waals surface area contributed by atoms with Gasteiger partial charge in [-0.15, -0.1) is 0 Å². The molecule has 0 unspecified atom stereocenters. The van der Waals surface area contributed by atoms with Crippen LogP contribution >= 0.6 is 11.8 Å². The van der Waals surface area contributed by atoms with Gasteiger partial charge in [-0.2, -0.15) is 0 Å². The molecule has 1 atom stereocenters. The topological polar surface area (TPSA) is 61.0 Å². The van der Waals surface area contributed by atoms with Crippen LogP contribution in [-0.2, 0) is 4.79 Å². The number of carbonyl (C=O) groups is 1. The molecule has 0 saturated heterocycles. The van der Waals surface area contributed by atoms with Crippen molar-refractivity contribution in [1.82, 2.24) is 20.2 Å². The minimum Gasteiger partial charge on any atom is -0.353 e. The number of nitrogens with zero attached hydrogens (tertiary/aromatic N) is 2. The van der Waals surface area contributed by atoms with E-state index in [2.05, 4.69) is 45.3 Å². The Bertz CT molecular complexity index is 876. The Kier molecular flexibility index (Phi) is 5.96. The predicted molar refractivity (Wildman–Crippen MR) is 107 cm³/mol. The van der Waals surface area contributed by atoms with Crippen LogP contribution in [0.1, 0.15) is 17.2 Å². The maximum Gasteiger partial charge on any atom is 0.230 e. The summed E-state index contributed by atoms with van der Waals surface area (Å²) in [6.45, 7) is 2.63. The second-order valence-corrected chi connectivity index (χ2v) is 7.51. The van der Waals surface area contributed by atoms with Crippen molar-refractivity contribution in [3.05, 3.63) is 59.7 Å². The van der Waals surface area contributed by atoms with Crippen LogP contribution < -0.4 is 5.32 Å². The largest absolute Gasteiger partial charge is 0.353 e. The number of thioether (sulfide) groups is 1. The van der Waals surface area contributed by atoms with E-state index < -0.39 is 0 Å². The molecule has 0 spiro atoms. The van der Waals surface area contributed by atoms with E-state index in [4.69, 9.17) is 0 Å². The minimum absolute atomic E-state index is 0.00872. The van der Waals surface area contributed by atoms with Crippen LogP contribution in [0, 0.1) is 6.92 Å². The molecule has 1 amide bonds. The highest BCUT2D eigenvalue weighted by Gasteiger charge is 2.15. The van der Waals surface area contributed by atoms with Crippen LogP contribution in [0.3, 0.4) is 0 Å². The van der Waals surface area contributed by atoms with E-state index in [0.29, 0.717) is 12.3 Å². The van der Waals surface area contributed by atoms with E-state index in [1.54, 1.807) is 0 Å². The number of hydrogen-bond donors (Lipinski definition) is 2. The van der Waals surface area contributed by atoms with Crippen molar-refractivity contribution >= 4 is 28.7 Å². The Balaban J connectivity index is 1.54. The highest BCUT2D eigenvalue weighted by molar-refractivity contribution is 7.99. The first-order chi connectivity index (χ1) is 12.5. The fourth-order valence-electron chi connectivity index (χ4n) is 2.84. The second-order valence-electron chi connectivity index (χ2n) is 6.55. The molecule has 2 N–H and O–H groups in total. The first kappa shape index (κ1) is 18.5. The minimum atomic E-state index is 0.00872. The average molecular weight is 369 g/mol. The van der Waals surface area contributed by atoms with Crippen LogP contribution in [-0.4, -0.2) is 47.2 Å². The van der Waals surface area contributed by atoms with Crippen LogP contribution in [0.5, 0.6) is 0 Å². The van der Waals surface area contributed by atoms with Gasteiger partial charge in [-0.05, 0) is 44.3 Å². The van der Waals surface area contributed by atoms with Crippen LogP contribution in [0.15, 0.2) is 53.7 Å². The lowest BCUT2D eigenvalue weighted by molar-refractivity contribution is -0.118. The third-order valence-corrected chi connectivity index (χ3v) is 5.13. The fraction of sp³-hybridized carbons (Fsp3) is 0.300. The number of nitrogens with one attached hydrogen (secondary N) is 2. The van der Waals surface area contributed by atoms with Gasteiger partial charge in [0.05, 0.1) is 22.8 Å². The maximum absolute atomic E-state index is 12.3. The summed E-state index contributed by atoms with van der Waals surface area (Å²) in [7, 11) is 4.05. The molecule has 0 aliphatic heterocycles. The lowest BCUT2D eigenvalue weighted by atomic mass is 10.1. The van der Waals surface area contributed by atoms with Gasteiger partial charge < -0.3 is 15.2 Å². The van der Waals surface area contributed by atoms with Gasteiger partial charge in [0.2, 0.25) is 5.91 Å². The number of benzene rings is 2. The van der Waals surface area contributed by atoms with E-state index >= 15 is 0 Å². The molecule has 5 nitrogen and oxygen atoms in total. The summed E-state index contributed by atoms with van der Waals surface area (Å²) in [5.74, 6) is 0.350. The number of fused-ring (bicyclic) bond motifs is 1. The number of aromatic nitrogens is 2. The van der Waals surface area contributed by atoms with Gasteiger partial charge in [0, 0.05) is 6.54 Å². The van der Waals surface area contributed by atoms with Gasteiger partial charge >= 0.3 is 0 Å². The number of aryl methyl sites for hydroxylation is 1. The Hall–Kier alpha value is -2.31. The average Bonchev–Trinajstić information content (AvgIpc) is 3.02. The second kappa shape index (κ2) is 8.38. The van der Waals surface area contributed by atoms with Crippen LogP contribution in [0.2, 0.25) is 0 Å². The van der Waals surface area contributed by atoms with Gasteiger partial charge in [0.15, 0.2) is 5.16 Å². The van der Waals surface area contributed by atoms with Crippen molar-refractivity contribution in [3.63, 3.8) is 0 Å². The zero-order valence-electron chi connectivity index (χ0n) is 15.3. The summed E-state index contributed by atoms with van der Waals surface area (Å²) in [5.41, 5.74) is 4.31. The summed E-state index contributed by atoms with van der Waals surface area (Å²) in [6.07, 6.45) is 0. The molecule has 0 saturated carbocycles. The molecule has 0 aliphatic carbocycles. The number of H-pyrrole nitrogens is 1. The van der Waals surface area contributed by atoms with E-state index in [0.717, 1.165) is 16.2 Å². The molecule has 3 rings (SSSR count). The van der Waals surface area contributed by atoms with Crippen LogP contribution in [0.25, 0.3) is 11.0 Å². The highest BCUT2D eigenvalue weighted by Crippen LogP contribution is 2.20. The lowest BCUT2D eigenvalue weighted by Gasteiger charge is -2.25. The molecule has 0 aliphatic rings. The molecule has 6 heteroatoms.